The van der Waals surface area contributed by atoms with Gasteiger partial charge in [0.25, 0.3) is 0 Å². The van der Waals surface area contributed by atoms with Crippen LogP contribution in [0.25, 0.3) is 22.4 Å². The number of nitrogens with zero attached hydrogens (tertiary/aromatic N) is 4. The Morgan fingerprint density at radius 3 is 2.64 bits per heavy atom. The fraction of sp³-hybridized carbons (Fsp3) is 0.188. The second-order valence-electron chi connectivity index (χ2n) is 5.14. The van der Waals surface area contributed by atoms with Crippen LogP contribution < -0.4 is 0 Å². The van der Waals surface area contributed by atoms with E-state index in [4.69, 9.17) is 5.11 Å². The van der Waals surface area contributed by atoms with Crippen LogP contribution in [0.1, 0.15) is 13.0 Å². The second-order valence-corrected chi connectivity index (χ2v) is 5.14. The fourth-order valence-electron chi connectivity index (χ4n) is 2.33. The monoisotopic (exact) mass is 296 g/mol. The number of carboxylic acid groups (broad SMARTS) is 1. The van der Waals surface area contributed by atoms with E-state index in [0.29, 0.717) is 0 Å². The molecule has 0 saturated carbocycles. The van der Waals surface area contributed by atoms with Crippen molar-refractivity contribution in [3.8, 4) is 22.4 Å². The number of carboxylic acids is 1. The van der Waals surface area contributed by atoms with Crippen LogP contribution in [0.4, 0.5) is 0 Å². The molecule has 2 heterocycles. The van der Waals surface area contributed by atoms with Crippen LogP contribution in [0, 0.1) is 0 Å². The van der Waals surface area contributed by atoms with Gasteiger partial charge in [0.05, 0.1) is 11.9 Å². The first kappa shape index (κ1) is 14.1. The highest BCUT2D eigenvalue weighted by molar-refractivity contribution is 5.73. The van der Waals surface area contributed by atoms with Gasteiger partial charge < -0.3 is 5.11 Å². The smallest absolute Gasteiger partial charge is 0.328 e. The summed E-state index contributed by atoms with van der Waals surface area (Å²) < 4.78 is 3.27. The molecule has 0 aliphatic carbocycles. The van der Waals surface area contributed by atoms with Crippen molar-refractivity contribution in [2.75, 3.05) is 0 Å². The molecule has 2 aromatic heterocycles. The van der Waals surface area contributed by atoms with Crippen LogP contribution >= 0.6 is 0 Å². The van der Waals surface area contributed by atoms with Crippen molar-refractivity contribution >= 4 is 5.97 Å². The standard InChI is InChI=1S/C16H16N4O2/c1-11(16(21)22)20-10-14(9-18-20)12-4-3-5-13(8-12)15-6-7-17-19(15)2/h3-11H,1-2H3,(H,21,22)/t11-/m0/s1. The van der Waals surface area contributed by atoms with Crippen molar-refractivity contribution in [3.05, 3.63) is 48.9 Å². The zero-order valence-electron chi connectivity index (χ0n) is 12.3. The molecule has 0 spiro atoms. The highest BCUT2D eigenvalue weighted by Gasteiger charge is 2.14. The van der Waals surface area contributed by atoms with Gasteiger partial charge in [-0.3, -0.25) is 9.36 Å². The van der Waals surface area contributed by atoms with Crippen molar-refractivity contribution in [1.29, 1.82) is 0 Å². The molecular weight excluding hydrogens is 280 g/mol. The Hall–Kier alpha value is -2.89. The molecule has 0 radical (unpaired) electrons. The number of aliphatic carboxylic acids is 1. The van der Waals surface area contributed by atoms with E-state index >= 15 is 0 Å². The van der Waals surface area contributed by atoms with Gasteiger partial charge in [0, 0.05) is 30.6 Å². The molecule has 22 heavy (non-hydrogen) atoms. The van der Waals surface area contributed by atoms with E-state index in [9.17, 15) is 4.79 Å². The lowest BCUT2D eigenvalue weighted by molar-refractivity contribution is -0.140. The molecule has 0 amide bonds. The third kappa shape index (κ3) is 2.50. The molecule has 0 fully saturated rings. The molecule has 6 heteroatoms. The van der Waals surface area contributed by atoms with Gasteiger partial charge in [0.1, 0.15) is 6.04 Å². The van der Waals surface area contributed by atoms with E-state index in [1.165, 1.54) is 4.68 Å². The Labute approximate surface area is 127 Å². The molecule has 0 saturated heterocycles. The van der Waals surface area contributed by atoms with E-state index in [1.807, 2.05) is 42.1 Å². The lowest BCUT2D eigenvalue weighted by Gasteiger charge is -2.06. The van der Waals surface area contributed by atoms with Crippen molar-refractivity contribution in [2.45, 2.75) is 13.0 Å². The SMILES string of the molecule is C[C@@H](C(=O)O)n1cc(-c2cccc(-c3ccnn3C)c2)cn1. The average Bonchev–Trinajstić information content (AvgIpc) is 3.15. The highest BCUT2D eigenvalue weighted by Crippen LogP contribution is 2.26. The molecule has 1 N–H and O–H groups in total. The molecule has 3 rings (SSSR count). The summed E-state index contributed by atoms with van der Waals surface area (Å²) in [5.41, 5.74) is 3.95. The quantitative estimate of drug-likeness (QED) is 0.803. The van der Waals surface area contributed by atoms with E-state index in [1.54, 1.807) is 25.5 Å². The van der Waals surface area contributed by atoms with E-state index in [0.717, 1.165) is 22.4 Å². The molecule has 0 bridgehead atoms. The maximum Gasteiger partial charge on any atom is 0.328 e. The molecule has 0 unspecified atom stereocenters. The van der Waals surface area contributed by atoms with Gasteiger partial charge in [-0.05, 0) is 24.6 Å². The average molecular weight is 296 g/mol. The zero-order valence-corrected chi connectivity index (χ0v) is 12.3. The third-order valence-corrected chi connectivity index (χ3v) is 3.67. The van der Waals surface area contributed by atoms with Crippen molar-refractivity contribution < 1.29 is 9.90 Å². The molecule has 0 aliphatic heterocycles. The highest BCUT2D eigenvalue weighted by atomic mass is 16.4. The van der Waals surface area contributed by atoms with Crippen LogP contribution in [0.15, 0.2) is 48.9 Å². The normalized spacial score (nSPS) is 12.3. The van der Waals surface area contributed by atoms with Crippen LogP contribution in [-0.2, 0) is 11.8 Å². The first-order valence-electron chi connectivity index (χ1n) is 6.92. The zero-order chi connectivity index (χ0) is 15.7. The Morgan fingerprint density at radius 2 is 1.95 bits per heavy atom. The molecular formula is C16H16N4O2. The minimum Gasteiger partial charge on any atom is -0.480 e. The topological polar surface area (TPSA) is 72.9 Å². The van der Waals surface area contributed by atoms with E-state index < -0.39 is 12.0 Å². The van der Waals surface area contributed by atoms with Gasteiger partial charge in [-0.2, -0.15) is 10.2 Å². The molecule has 0 aliphatic rings. The van der Waals surface area contributed by atoms with Gasteiger partial charge >= 0.3 is 5.97 Å². The number of hydrogen-bond acceptors (Lipinski definition) is 3. The summed E-state index contributed by atoms with van der Waals surface area (Å²) in [6, 6.07) is 9.28. The number of aromatic nitrogens is 4. The van der Waals surface area contributed by atoms with Crippen molar-refractivity contribution in [3.63, 3.8) is 0 Å². The summed E-state index contributed by atoms with van der Waals surface area (Å²) in [5, 5.41) is 17.4. The van der Waals surface area contributed by atoms with E-state index in [-0.39, 0.29) is 0 Å². The summed E-state index contributed by atoms with van der Waals surface area (Å²) in [7, 11) is 1.90. The summed E-state index contributed by atoms with van der Waals surface area (Å²) >= 11 is 0. The van der Waals surface area contributed by atoms with Gasteiger partial charge in [-0.1, -0.05) is 18.2 Å². The molecule has 112 valence electrons. The van der Waals surface area contributed by atoms with Crippen LogP contribution in [0.3, 0.4) is 0 Å². The lowest BCUT2D eigenvalue weighted by Crippen LogP contribution is -2.15. The van der Waals surface area contributed by atoms with Gasteiger partial charge in [-0.25, -0.2) is 4.79 Å². The number of hydrogen-bond donors (Lipinski definition) is 1. The van der Waals surface area contributed by atoms with Crippen molar-refractivity contribution in [1.82, 2.24) is 19.6 Å². The maximum atomic E-state index is 11.0. The predicted octanol–water partition coefficient (Wildman–Crippen LogP) is 2.60. The summed E-state index contributed by atoms with van der Waals surface area (Å²) in [6.07, 6.45) is 5.19. The summed E-state index contributed by atoms with van der Waals surface area (Å²) in [4.78, 5) is 11.0. The summed E-state index contributed by atoms with van der Waals surface area (Å²) in [5.74, 6) is -0.904. The van der Waals surface area contributed by atoms with Gasteiger partial charge in [0.15, 0.2) is 0 Å². The van der Waals surface area contributed by atoms with Crippen LogP contribution in [0.2, 0.25) is 0 Å². The first-order valence-corrected chi connectivity index (χ1v) is 6.92. The molecule has 1 aromatic carbocycles. The van der Waals surface area contributed by atoms with E-state index in [2.05, 4.69) is 10.2 Å². The number of benzene rings is 1. The van der Waals surface area contributed by atoms with Crippen LogP contribution in [0.5, 0.6) is 0 Å². The maximum absolute atomic E-state index is 11.0. The first-order chi connectivity index (χ1) is 10.6. The second kappa shape index (κ2) is 5.48. The van der Waals surface area contributed by atoms with Gasteiger partial charge in [-0.15, -0.1) is 0 Å². The fourth-order valence-corrected chi connectivity index (χ4v) is 2.33. The lowest BCUT2D eigenvalue weighted by atomic mass is 10.0. The van der Waals surface area contributed by atoms with Crippen molar-refractivity contribution in [2.24, 2.45) is 7.05 Å². The molecule has 1 atom stereocenters. The number of carbonyl (C=O) groups is 1. The minimum absolute atomic E-state index is 0.686. The molecule has 3 aromatic rings. The number of aryl methyl sites for hydroxylation is 1. The van der Waals surface area contributed by atoms with Crippen LogP contribution in [-0.4, -0.2) is 30.6 Å². The summed E-state index contributed by atoms with van der Waals surface area (Å²) in [6.45, 7) is 1.60. The minimum atomic E-state index is -0.904. The Kier molecular flexibility index (Phi) is 3.50. The van der Waals surface area contributed by atoms with Gasteiger partial charge in [0.2, 0.25) is 0 Å². The third-order valence-electron chi connectivity index (χ3n) is 3.67. The predicted molar refractivity (Wildman–Crippen MR) is 82.2 cm³/mol. The Balaban J connectivity index is 1.96. The molecule has 6 nitrogen and oxygen atoms in total. The Morgan fingerprint density at radius 1 is 1.18 bits per heavy atom. The largest absolute Gasteiger partial charge is 0.480 e. The number of rotatable bonds is 4. The Bertz CT molecular complexity index is 819.